The molecule has 7 nitrogen and oxygen atoms in total. The van der Waals surface area contributed by atoms with Gasteiger partial charge in [0, 0.05) is 0 Å². The van der Waals surface area contributed by atoms with E-state index in [1.54, 1.807) is 5.38 Å². The number of hydrogen-bond donors (Lipinski definition) is 3. The Morgan fingerprint density at radius 3 is 2.71 bits per heavy atom. The number of carbonyl (C=O) groups is 3. The number of anilines is 1. The molecule has 9 heteroatoms. The molecule has 2 amide bonds. The molecule has 0 aliphatic carbocycles. The van der Waals surface area contributed by atoms with Gasteiger partial charge in [0.25, 0.3) is 5.91 Å². The van der Waals surface area contributed by atoms with E-state index in [1.165, 1.54) is 29.5 Å². The first-order valence-electron chi connectivity index (χ1n) is 5.60. The van der Waals surface area contributed by atoms with E-state index in [9.17, 15) is 14.4 Å². The van der Waals surface area contributed by atoms with Gasteiger partial charge in [-0.15, -0.1) is 11.3 Å². The molecule has 110 valence electrons. The summed E-state index contributed by atoms with van der Waals surface area (Å²) in [5, 5.41) is 13.6. The number of rotatable bonds is 6. The van der Waals surface area contributed by atoms with E-state index in [4.69, 9.17) is 15.3 Å². The highest BCUT2D eigenvalue weighted by molar-refractivity contribution is 7.99. The van der Waals surface area contributed by atoms with Crippen LogP contribution in [0.2, 0.25) is 0 Å². The topological polar surface area (TPSA) is 123 Å². The molecule has 0 saturated carbocycles. The van der Waals surface area contributed by atoms with Crippen molar-refractivity contribution in [1.29, 1.82) is 0 Å². The lowest BCUT2D eigenvalue weighted by Gasteiger charge is -2.03. The lowest BCUT2D eigenvalue weighted by molar-refractivity contribution is -0.113. The molecule has 0 spiro atoms. The monoisotopic (exact) mass is 326 g/mol. The van der Waals surface area contributed by atoms with Gasteiger partial charge in [-0.2, -0.15) is 0 Å². The summed E-state index contributed by atoms with van der Waals surface area (Å²) in [6.07, 6.45) is 0. The highest BCUT2D eigenvalue weighted by Crippen LogP contribution is 2.24. The fourth-order valence-corrected chi connectivity index (χ4v) is 2.88. The lowest BCUT2D eigenvalue weighted by Crippen LogP contribution is -2.17. The third-order valence-corrected chi connectivity index (χ3v) is 4.06. The van der Waals surface area contributed by atoms with E-state index in [-0.39, 0.29) is 23.0 Å². The molecule has 2 heterocycles. The minimum absolute atomic E-state index is 0.0165. The van der Waals surface area contributed by atoms with Crippen molar-refractivity contribution in [3.05, 3.63) is 34.9 Å². The number of thioether (sulfide) groups is 1. The zero-order chi connectivity index (χ0) is 15.4. The van der Waals surface area contributed by atoms with Crippen LogP contribution in [0.1, 0.15) is 20.9 Å². The number of carboxylic acids is 1. The van der Waals surface area contributed by atoms with Crippen LogP contribution in [0.15, 0.2) is 33.1 Å². The molecule has 0 aliphatic heterocycles. The molecule has 2 aromatic heterocycles. The molecule has 0 bridgehead atoms. The standard InChI is InChI=1S/C12H10N2O5S2/c13-10(16)6-3-4-20-11(6)14-8(15)5-21-9-2-1-7(19-9)12(17)18/h1-4H,5H2,(H2,13,16)(H,14,15)(H,17,18). The number of furan rings is 1. The Balaban J connectivity index is 1.91. The van der Waals surface area contributed by atoms with Crippen molar-refractivity contribution in [2.45, 2.75) is 5.09 Å². The first-order chi connectivity index (χ1) is 9.97. The fourth-order valence-electron chi connectivity index (χ4n) is 1.41. The average Bonchev–Trinajstić information content (AvgIpc) is 3.04. The van der Waals surface area contributed by atoms with E-state index in [0.29, 0.717) is 10.1 Å². The van der Waals surface area contributed by atoms with Crippen LogP contribution in [0.5, 0.6) is 0 Å². The maximum Gasteiger partial charge on any atom is 0.371 e. The third kappa shape index (κ3) is 3.86. The van der Waals surface area contributed by atoms with Crippen molar-refractivity contribution >= 4 is 45.9 Å². The minimum Gasteiger partial charge on any atom is -0.475 e. The Kier molecular flexibility index (Phi) is 4.66. The van der Waals surface area contributed by atoms with Crippen LogP contribution in [0.25, 0.3) is 0 Å². The van der Waals surface area contributed by atoms with E-state index < -0.39 is 11.9 Å². The Labute approximate surface area is 127 Å². The maximum absolute atomic E-state index is 11.8. The second kappa shape index (κ2) is 6.46. The van der Waals surface area contributed by atoms with Crippen molar-refractivity contribution in [3.63, 3.8) is 0 Å². The van der Waals surface area contributed by atoms with Crippen LogP contribution in [0, 0.1) is 0 Å². The Morgan fingerprint density at radius 1 is 1.33 bits per heavy atom. The number of hydrogen-bond acceptors (Lipinski definition) is 6. The second-order valence-corrected chi connectivity index (χ2v) is 5.68. The predicted octanol–water partition coefficient (Wildman–Crippen LogP) is 1.87. The van der Waals surface area contributed by atoms with Crippen LogP contribution >= 0.6 is 23.1 Å². The average molecular weight is 326 g/mol. The number of carbonyl (C=O) groups excluding carboxylic acids is 2. The largest absolute Gasteiger partial charge is 0.475 e. The summed E-state index contributed by atoms with van der Waals surface area (Å²) in [6, 6.07) is 4.32. The summed E-state index contributed by atoms with van der Waals surface area (Å²) < 4.78 is 5.00. The summed E-state index contributed by atoms with van der Waals surface area (Å²) in [5.74, 6) is -2.31. The molecule has 0 atom stereocenters. The summed E-state index contributed by atoms with van der Waals surface area (Å²) >= 11 is 2.24. The first kappa shape index (κ1) is 15.1. The zero-order valence-electron chi connectivity index (χ0n) is 10.5. The van der Waals surface area contributed by atoms with E-state index >= 15 is 0 Å². The quantitative estimate of drug-likeness (QED) is 0.696. The fraction of sp³-hybridized carbons (Fsp3) is 0.0833. The SMILES string of the molecule is NC(=O)c1ccsc1NC(=O)CSc1ccc(C(=O)O)o1. The van der Waals surface area contributed by atoms with Gasteiger partial charge in [0.15, 0.2) is 5.09 Å². The Bertz CT molecular complexity index is 691. The number of nitrogens with one attached hydrogen (secondary N) is 1. The lowest BCUT2D eigenvalue weighted by atomic mass is 10.3. The predicted molar refractivity (Wildman–Crippen MR) is 77.9 cm³/mol. The normalized spacial score (nSPS) is 10.3. The number of carboxylic acid groups (broad SMARTS) is 1. The highest BCUT2D eigenvalue weighted by Gasteiger charge is 2.14. The number of nitrogens with two attached hydrogens (primary N) is 1. The molecule has 0 saturated heterocycles. The molecular formula is C12H10N2O5S2. The van der Waals surface area contributed by atoms with Crippen LogP contribution in [0.3, 0.4) is 0 Å². The molecule has 2 rings (SSSR count). The number of amides is 2. The number of thiophene rings is 1. The molecule has 0 aliphatic rings. The molecule has 0 aromatic carbocycles. The van der Waals surface area contributed by atoms with Gasteiger partial charge in [0.1, 0.15) is 5.00 Å². The van der Waals surface area contributed by atoms with Gasteiger partial charge >= 0.3 is 5.97 Å². The van der Waals surface area contributed by atoms with Crippen LogP contribution in [-0.4, -0.2) is 28.6 Å². The van der Waals surface area contributed by atoms with Crippen molar-refractivity contribution in [2.75, 3.05) is 11.1 Å². The molecular weight excluding hydrogens is 316 g/mol. The third-order valence-electron chi connectivity index (χ3n) is 2.32. The summed E-state index contributed by atoms with van der Waals surface area (Å²) in [6.45, 7) is 0. The van der Waals surface area contributed by atoms with Crippen molar-refractivity contribution in [3.8, 4) is 0 Å². The highest BCUT2D eigenvalue weighted by atomic mass is 32.2. The summed E-state index contributed by atoms with van der Waals surface area (Å²) in [7, 11) is 0. The Morgan fingerprint density at radius 2 is 2.10 bits per heavy atom. The van der Waals surface area contributed by atoms with Gasteiger partial charge in [0.2, 0.25) is 11.7 Å². The molecule has 21 heavy (non-hydrogen) atoms. The van der Waals surface area contributed by atoms with Gasteiger partial charge < -0.3 is 20.6 Å². The van der Waals surface area contributed by atoms with Crippen LogP contribution in [-0.2, 0) is 4.79 Å². The minimum atomic E-state index is -1.17. The zero-order valence-corrected chi connectivity index (χ0v) is 12.1. The van der Waals surface area contributed by atoms with Crippen molar-refractivity contribution in [2.24, 2.45) is 5.73 Å². The maximum atomic E-state index is 11.8. The number of primary amides is 1. The van der Waals surface area contributed by atoms with E-state index in [1.807, 2.05) is 0 Å². The van der Waals surface area contributed by atoms with Gasteiger partial charge in [-0.25, -0.2) is 4.79 Å². The Hall–Kier alpha value is -2.26. The summed E-state index contributed by atoms with van der Waals surface area (Å²) in [5.41, 5.74) is 5.43. The number of aromatic carboxylic acids is 1. The van der Waals surface area contributed by atoms with Gasteiger partial charge in [-0.05, 0) is 23.6 Å². The molecule has 4 N–H and O–H groups in total. The van der Waals surface area contributed by atoms with Crippen molar-refractivity contribution in [1.82, 2.24) is 0 Å². The second-order valence-electron chi connectivity index (χ2n) is 3.79. The summed E-state index contributed by atoms with van der Waals surface area (Å²) in [4.78, 5) is 33.5. The smallest absolute Gasteiger partial charge is 0.371 e. The van der Waals surface area contributed by atoms with Crippen LogP contribution < -0.4 is 11.1 Å². The van der Waals surface area contributed by atoms with Gasteiger partial charge in [-0.1, -0.05) is 11.8 Å². The molecule has 0 fully saturated rings. The van der Waals surface area contributed by atoms with Gasteiger partial charge in [-0.3, -0.25) is 9.59 Å². The van der Waals surface area contributed by atoms with E-state index in [0.717, 1.165) is 11.8 Å². The first-order valence-corrected chi connectivity index (χ1v) is 7.47. The van der Waals surface area contributed by atoms with Crippen LogP contribution in [0.4, 0.5) is 5.00 Å². The van der Waals surface area contributed by atoms with E-state index in [2.05, 4.69) is 5.32 Å². The molecule has 2 aromatic rings. The molecule has 0 radical (unpaired) electrons. The van der Waals surface area contributed by atoms with Gasteiger partial charge in [0.05, 0.1) is 11.3 Å². The van der Waals surface area contributed by atoms with Crippen molar-refractivity contribution < 1.29 is 23.9 Å². The molecule has 0 unspecified atom stereocenters.